The zero-order valence-electron chi connectivity index (χ0n) is 16.8. The Hall–Kier alpha value is -2.59. The number of alkyl halides is 3. The SMILES string of the molecule is C=CCn1c(SC(C)C(=O)NCC(F)(F)F)nc2scc(-c3ccc(C)cc3)c2c1=O. The fourth-order valence-corrected chi connectivity index (χ4v) is 4.80. The number of amides is 1. The van der Waals surface area contributed by atoms with Gasteiger partial charge in [-0.2, -0.15) is 13.2 Å². The van der Waals surface area contributed by atoms with Crippen molar-refractivity contribution < 1.29 is 18.0 Å². The van der Waals surface area contributed by atoms with Crippen molar-refractivity contribution >= 4 is 39.2 Å². The fraction of sp³-hybridized carbons (Fsp3) is 0.286. The number of fused-ring (bicyclic) bond motifs is 1. The van der Waals surface area contributed by atoms with E-state index < -0.39 is 23.9 Å². The molecule has 0 radical (unpaired) electrons. The first kappa shape index (κ1) is 23.1. The Labute approximate surface area is 185 Å². The first-order chi connectivity index (χ1) is 14.6. The molecule has 164 valence electrons. The average Bonchev–Trinajstić information content (AvgIpc) is 3.13. The number of aromatic nitrogens is 2. The molecule has 0 saturated heterocycles. The Morgan fingerprint density at radius 3 is 2.65 bits per heavy atom. The molecule has 0 aliphatic heterocycles. The Morgan fingerprint density at radius 1 is 1.35 bits per heavy atom. The molecular formula is C21H20F3N3O2S2. The summed E-state index contributed by atoms with van der Waals surface area (Å²) in [7, 11) is 0. The summed E-state index contributed by atoms with van der Waals surface area (Å²) < 4.78 is 38.5. The first-order valence-electron chi connectivity index (χ1n) is 9.32. The molecule has 1 atom stereocenters. The molecule has 31 heavy (non-hydrogen) atoms. The van der Waals surface area contributed by atoms with Crippen LogP contribution in [-0.4, -0.2) is 33.4 Å². The molecule has 0 spiro atoms. The van der Waals surface area contributed by atoms with Crippen LogP contribution in [0.4, 0.5) is 13.2 Å². The molecule has 1 unspecified atom stereocenters. The first-order valence-corrected chi connectivity index (χ1v) is 11.1. The Morgan fingerprint density at radius 2 is 2.03 bits per heavy atom. The van der Waals surface area contributed by atoms with E-state index in [1.807, 2.05) is 41.9 Å². The molecule has 0 saturated carbocycles. The highest BCUT2D eigenvalue weighted by atomic mass is 32.2. The molecule has 0 aliphatic rings. The number of rotatable bonds is 7. The van der Waals surface area contributed by atoms with Gasteiger partial charge in [-0.1, -0.05) is 47.7 Å². The highest BCUT2D eigenvalue weighted by molar-refractivity contribution is 8.00. The summed E-state index contributed by atoms with van der Waals surface area (Å²) in [6.45, 7) is 5.86. The van der Waals surface area contributed by atoms with E-state index in [9.17, 15) is 22.8 Å². The molecular weight excluding hydrogens is 447 g/mol. The van der Waals surface area contributed by atoms with Gasteiger partial charge in [0, 0.05) is 17.5 Å². The van der Waals surface area contributed by atoms with E-state index in [0.717, 1.165) is 28.5 Å². The Bertz CT molecular complexity index is 1170. The summed E-state index contributed by atoms with van der Waals surface area (Å²) in [5.74, 6) is -0.784. The summed E-state index contributed by atoms with van der Waals surface area (Å²) in [4.78, 5) is 30.4. The smallest absolute Gasteiger partial charge is 0.346 e. The minimum absolute atomic E-state index is 0.157. The van der Waals surface area contributed by atoms with Crippen molar-refractivity contribution in [3.05, 3.63) is 58.2 Å². The van der Waals surface area contributed by atoms with Gasteiger partial charge in [-0.05, 0) is 19.4 Å². The van der Waals surface area contributed by atoms with Crippen LogP contribution in [0.5, 0.6) is 0 Å². The second kappa shape index (κ2) is 9.27. The summed E-state index contributed by atoms with van der Waals surface area (Å²) in [5.41, 5.74) is 2.47. The van der Waals surface area contributed by atoms with Crippen LogP contribution in [0.15, 0.2) is 52.3 Å². The molecule has 0 fully saturated rings. The van der Waals surface area contributed by atoms with E-state index >= 15 is 0 Å². The minimum Gasteiger partial charge on any atom is -0.346 e. The van der Waals surface area contributed by atoms with Gasteiger partial charge in [0.15, 0.2) is 5.16 Å². The van der Waals surface area contributed by atoms with E-state index in [2.05, 4.69) is 11.6 Å². The summed E-state index contributed by atoms with van der Waals surface area (Å²) >= 11 is 2.24. The number of aryl methyl sites for hydroxylation is 1. The predicted molar refractivity (Wildman–Crippen MR) is 119 cm³/mol. The molecule has 2 heterocycles. The predicted octanol–water partition coefficient (Wildman–Crippen LogP) is 4.78. The Kier molecular flexibility index (Phi) is 6.90. The molecule has 5 nitrogen and oxygen atoms in total. The van der Waals surface area contributed by atoms with Gasteiger partial charge in [-0.25, -0.2) is 4.98 Å². The number of hydrogen-bond acceptors (Lipinski definition) is 5. The average molecular weight is 468 g/mol. The van der Waals surface area contributed by atoms with Crippen molar-refractivity contribution in [1.29, 1.82) is 0 Å². The lowest BCUT2D eigenvalue weighted by atomic mass is 10.1. The van der Waals surface area contributed by atoms with E-state index in [1.165, 1.54) is 28.9 Å². The molecule has 3 rings (SSSR count). The maximum absolute atomic E-state index is 13.3. The normalized spacial score (nSPS) is 12.7. The van der Waals surface area contributed by atoms with Gasteiger partial charge in [0.1, 0.15) is 11.4 Å². The van der Waals surface area contributed by atoms with E-state index in [0.29, 0.717) is 10.2 Å². The summed E-state index contributed by atoms with van der Waals surface area (Å²) in [6, 6.07) is 7.79. The number of carbonyl (C=O) groups is 1. The third-order valence-electron chi connectivity index (χ3n) is 4.45. The number of hydrogen-bond donors (Lipinski definition) is 1. The third kappa shape index (κ3) is 5.37. The molecule has 1 amide bonds. The van der Waals surface area contributed by atoms with Gasteiger partial charge in [-0.3, -0.25) is 14.2 Å². The molecule has 0 aliphatic carbocycles. The maximum atomic E-state index is 13.3. The topological polar surface area (TPSA) is 64.0 Å². The summed E-state index contributed by atoms with van der Waals surface area (Å²) in [6.07, 6.45) is -2.96. The van der Waals surface area contributed by atoms with Crippen LogP contribution in [0.1, 0.15) is 12.5 Å². The highest BCUT2D eigenvalue weighted by Crippen LogP contribution is 2.33. The van der Waals surface area contributed by atoms with Crippen molar-refractivity contribution in [2.24, 2.45) is 0 Å². The monoisotopic (exact) mass is 467 g/mol. The van der Waals surface area contributed by atoms with Crippen LogP contribution < -0.4 is 10.9 Å². The second-order valence-electron chi connectivity index (χ2n) is 6.89. The van der Waals surface area contributed by atoms with E-state index in [1.54, 1.807) is 0 Å². The Balaban J connectivity index is 1.98. The zero-order chi connectivity index (χ0) is 22.8. The van der Waals surface area contributed by atoms with Crippen LogP contribution >= 0.6 is 23.1 Å². The standard InChI is InChI=1S/C21H20F3N3O2S2/c1-4-9-27-19(29)16-15(14-7-5-12(2)6-8-14)10-30-18(16)26-20(27)31-13(3)17(28)25-11-21(22,23)24/h4-8,10,13H,1,9,11H2,2-3H3,(H,25,28). The highest BCUT2D eigenvalue weighted by Gasteiger charge is 2.29. The lowest BCUT2D eigenvalue weighted by molar-refractivity contribution is -0.137. The number of nitrogens with one attached hydrogen (secondary N) is 1. The number of thioether (sulfide) groups is 1. The molecule has 0 bridgehead atoms. The number of halogens is 3. The molecule has 1 N–H and O–H groups in total. The van der Waals surface area contributed by atoms with Crippen molar-refractivity contribution in [3.63, 3.8) is 0 Å². The van der Waals surface area contributed by atoms with Crippen LogP contribution in [-0.2, 0) is 11.3 Å². The maximum Gasteiger partial charge on any atom is 0.405 e. The quantitative estimate of drug-likeness (QED) is 0.309. The summed E-state index contributed by atoms with van der Waals surface area (Å²) in [5, 5.41) is 3.56. The van der Waals surface area contributed by atoms with Crippen LogP contribution in [0.3, 0.4) is 0 Å². The molecule has 3 aromatic rings. The molecule has 2 aromatic heterocycles. The van der Waals surface area contributed by atoms with Crippen molar-refractivity contribution in [1.82, 2.24) is 14.9 Å². The lowest BCUT2D eigenvalue weighted by Crippen LogP contribution is -2.38. The largest absolute Gasteiger partial charge is 0.405 e. The number of carbonyl (C=O) groups excluding carboxylic acids is 1. The van der Waals surface area contributed by atoms with E-state index in [-0.39, 0.29) is 17.3 Å². The van der Waals surface area contributed by atoms with Crippen molar-refractivity contribution in [2.75, 3.05) is 6.54 Å². The number of allylic oxidation sites excluding steroid dienone is 1. The van der Waals surface area contributed by atoms with Gasteiger partial charge in [0.25, 0.3) is 5.56 Å². The van der Waals surface area contributed by atoms with Gasteiger partial charge in [0.2, 0.25) is 5.91 Å². The lowest BCUT2D eigenvalue weighted by Gasteiger charge is -2.15. The third-order valence-corrected chi connectivity index (χ3v) is 6.41. The zero-order valence-corrected chi connectivity index (χ0v) is 18.5. The van der Waals surface area contributed by atoms with Gasteiger partial charge >= 0.3 is 6.18 Å². The van der Waals surface area contributed by atoms with Gasteiger partial charge in [0.05, 0.1) is 10.6 Å². The van der Waals surface area contributed by atoms with Crippen LogP contribution in [0.2, 0.25) is 0 Å². The number of thiophene rings is 1. The van der Waals surface area contributed by atoms with Gasteiger partial charge < -0.3 is 5.32 Å². The second-order valence-corrected chi connectivity index (χ2v) is 9.05. The molecule has 1 aromatic carbocycles. The van der Waals surface area contributed by atoms with E-state index in [4.69, 9.17) is 0 Å². The van der Waals surface area contributed by atoms with Gasteiger partial charge in [-0.15, -0.1) is 17.9 Å². The van der Waals surface area contributed by atoms with Crippen LogP contribution in [0, 0.1) is 6.92 Å². The number of benzene rings is 1. The fourth-order valence-electron chi connectivity index (χ4n) is 2.87. The van der Waals surface area contributed by atoms with Crippen molar-refractivity contribution in [3.8, 4) is 11.1 Å². The van der Waals surface area contributed by atoms with Crippen LogP contribution in [0.25, 0.3) is 21.3 Å². The number of nitrogens with zero attached hydrogens (tertiary/aromatic N) is 2. The minimum atomic E-state index is -4.49. The van der Waals surface area contributed by atoms with Crippen molar-refractivity contribution in [2.45, 2.75) is 37.0 Å². The molecule has 10 heteroatoms.